The summed E-state index contributed by atoms with van der Waals surface area (Å²) in [5.41, 5.74) is 3.48. The Morgan fingerprint density at radius 2 is 1.86 bits per heavy atom. The maximum absolute atomic E-state index is 9.77. The lowest BCUT2D eigenvalue weighted by Crippen LogP contribution is -3.12. The zero-order valence-corrected chi connectivity index (χ0v) is 17.0. The molecule has 0 bridgehead atoms. The Morgan fingerprint density at radius 3 is 2.57 bits per heavy atom. The van der Waals surface area contributed by atoms with Crippen LogP contribution in [0.1, 0.15) is 29.8 Å². The number of aliphatic hydroxyl groups excluding tert-OH is 1. The SMILES string of the molecule is Cc1cccc(-n2c(Cc3ccccc3)nn(C[NH+]3CCC(O)CC3)c2=S)c1. The first-order chi connectivity index (χ1) is 13.6. The number of likely N-dealkylation sites (tertiary alicyclic amines) is 1. The standard InChI is InChI=1S/C22H26N4OS/c1-17-6-5-9-19(14-17)26-21(15-18-7-3-2-4-8-18)23-25(22(26)28)16-24-12-10-20(27)11-13-24/h2-9,14,20,27H,10-13,15-16H2,1H3/p+1. The molecule has 146 valence electrons. The van der Waals surface area contributed by atoms with E-state index in [1.54, 1.807) is 0 Å². The highest BCUT2D eigenvalue weighted by Crippen LogP contribution is 2.17. The van der Waals surface area contributed by atoms with Gasteiger partial charge in [-0.2, -0.15) is 9.78 Å². The number of quaternary nitrogens is 1. The molecule has 2 aromatic carbocycles. The second-order valence-electron chi connectivity index (χ2n) is 7.67. The molecule has 6 heteroatoms. The lowest BCUT2D eigenvalue weighted by Gasteiger charge is -2.26. The van der Waals surface area contributed by atoms with Crippen molar-refractivity contribution >= 4 is 12.2 Å². The van der Waals surface area contributed by atoms with Gasteiger partial charge < -0.3 is 10.0 Å². The molecule has 0 spiro atoms. The van der Waals surface area contributed by atoms with E-state index in [0.717, 1.165) is 55.3 Å². The minimum absolute atomic E-state index is 0.157. The molecule has 28 heavy (non-hydrogen) atoms. The monoisotopic (exact) mass is 395 g/mol. The number of nitrogens with one attached hydrogen (secondary N) is 1. The summed E-state index contributed by atoms with van der Waals surface area (Å²) >= 11 is 5.85. The number of aliphatic hydroxyl groups is 1. The third-order valence-corrected chi connectivity index (χ3v) is 5.80. The zero-order chi connectivity index (χ0) is 19.5. The van der Waals surface area contributed by atoms with Crippen LogP contribution in [0, 0.1) is 11.7 Å². The fraction of sp³-hybridized carbons (Fsp3) is 0.364. The number of aromatic nitrogens is 3. The van der Waals surface area contributed by atoms with Crippen molar-refractivity contribution in [1.29, 1.82) is 0 Å². The highest BCUT2D eigenvalue weighted by Gasteiger charge is 2.22. The van der Waals surface area contributed by atoms with Crippen LogP contribution in [0.4, 0.5) is 0 Å². The molecule has 3 aromatic rings. The van der Waals surface area contributed by atoms with Crippen LogP contribution in [0.3, 0.4) is 0 Å². The fourth-order valence-electron chi connectivity index (χ4n) is 3.86. The number of aryl methyl sites for hydroxylation is 1. The average Bonchev–Trinajstić information content (AvgIpc) is 2.99. The van der Waals surface area contributed by atoms with Crippen molar-refractivity contribution in [3.8, 4) is 5.69 Å². The van der Waals surface area contributed by atoms with Crippen molar-refractivity contribution in [3.63, 3.8) is 0 Å². The van der Waals surface area contributed by atoms with Crippen molar-refractivity contribution in [3.05, 3.63) is 76.3 Å². The third kappa shape index (κ3) is 4.24. The fourth-order valence-corrected chi connectivity index (χ4v) is 4.17. The Balaban J connectivity index is 1.70. The topological polar surface area (TPSA) is 47.4 Å². The molecule has 1 saturated heterocycles. The Kier molecular flexibility index (Phi) is 5.71. The van der Waals surface area contributed by atoms with Crippen LogP contribution in [0.5, 0.6) is 0 Å². The summed E-state index contributed by atoms with van der Waals surface area (Å²) in [6, 6.07) is 18.8. The van der Waals surface area contributed by atoms with Crippen molar-refractivity contribution in [1.82, 2.24) is 14.3 Å². The summed E-state index contributed by atoms with van der Waals surface area (Å²) in [5.74, 6) is 0.957. The Bertz CT molecular complexity index is 987. The molecule has 0 radical (unpaired) electrons. The van der Waals surface area contributed by atoms with Gasteiger partial charge in [0.2, 0.25) is 4.77 Å². The van der Waals surface area contributed by atoms with Crippen LogP contribution in [0.15, 0.2) is 54.6 Å². The zero-order valence-electron chi connectivity index (χ0n) is 16.2. The predicted molar refractivity (Wildman–Crippen MR) is 112 cm³/mol. The summed E-state index contributed by atoms with van der Waals surface area (Å²) in [6.07, 6.45) is 2.27. The summed E-state index contributed by atoms with van der Waals surface area (Å²) < 4.78 is 4.80. The van der Waals surface area contributed by atoms with Gasteiger partial charge in [0.1, 0.15) is 5.82 Å². The van der Waals surface area contributed by atoms with Crippen LogP contribution in [-0.2, 0) is 13.1 Å². The number of hydrogen-bond acceptors (Lipinski definition) is 3. The molecule has 4 rings (SSSR count). The lowest BCUT2D eigenvalue weighted by atomic mass is 10.1. The quantitative estimate of drug-likeness (QED) is 0.652. The first-order valence-corrected chi connectivity index (χ1v) is 10.3. The molecule has 1 fully saturated rings. The maximum atomic E-state index is 9.77. The van der Waals surface area contributed by atoms with Crippen molar-refractivity contribution < 1.29 is 10.0 Å². The minimum atomic E-state index is -0.157. The molecule has 0 atom stereocenters. The highest BCUT2D eigenvalue weighted by molar-refractivity contribution is 7.71. The molecule has 1 aliphatic heterocycles. The number of rotatable bonds is 5. The van der Waals surface area contributed by atoms with E-state index >= 15 is 0 Å². The molecule has 2 N–H and O–H groups in total. The van der Waals surface area contributed by atoms with Gasteiger partial charge in [-0.1, -0.05) is 42.5 Å². The van der Waals surface area contributed by atoms with Crippen LogP contribution in [-0.4, -0.2) is 38.6 Å². The van der Waals surface area contributed by atoms with Gasteiger partial charge in [-0.15, -0.1) is 0 Å². The van der Waals surface area contributed by atoms with Gasteiger partial charge in [0.25, 0.3) is 0 Å². The molecule has 0 aliphatic carbocycles. The van der Waals surface area contributed by atoms with Crippen LogP contribution < -0.4 is 4.90 Å². The van der Waals surface area contributed by atoms with Crippen molar-refractivity contribution in [2.75, 3.05) is 13.1 Å². The first-order valence-electron chi connectivity index (χ1n) is 9.91. The van der Waals surface area contributed by atoms with Crippen molar-refractivity contribution in [2.24, 2.45) is 0 Å². The second-order valence-corrected chi connectivity index (χ2v) is 8.04. The first kappa shape index (κ1) is 19.1. The van der Waals surface area contributed by atoms with Crippen LogP contribution >= 0.6 is 12.2 Å². The molecule has 0 amide bonds. The van der Waals surface area contributed by atoms with Gasteiger partial charge in [-0.3, -0.25) is 4.57 Å². The van der Waals surface area contributed by atoms with E-state index in [4.69, 9.17) is 17.3 Å². The van der Waals surface area contributed by atoms with Crippen molar-refractivity contribution in [2.45, 2.75) is 39.0 Å². The third-order valence-electron chi connectivity index (χ3n) is 5.41. The average molecular weight is 396 g/mol. The van der Waals surface area contributed by atoms with Gasteiger partial charge in [-0.25, -0.2) is 0 Å². The number of nitrogens with zero attached hydrogens (tertiary/aromatic N) is 3. The van der Waals surface area contributed by atoms with Gasteiger partial charge in [0.05, 0.1) is 19.2 Å². The normalized spacial score (nSPS) is 19.6. The van der Waals surface area contributed by atoms with E-state index in [1.807, 2.05) is 10.7 Å². The lowest BCUT2D eigenvalue weighted by molar-refractivity contribution is -0.929. The van der Waals surface area contributed by atoms with E-state index < -0.39 is 0 Å². The Hall–Kier alpha value is -2.28. The highest BCUT2D eigenvalue weighted by atomic mass is 32.1. The smallest absolute Gasteiger partial charge is 0.207 e. The summed E-state index contributed by atoms with van der Waals surface area (Å²) in [5, 5.41) is 14.7. The molecule has 0 saturated carbocycles. The maximum Gasteiger partial charge on any atom is 0.207 e. The summed E-state index contributed by atoms with van der Waals surface area (Å²) in [4.78, 5) is 1.42. The Labute approximate surface area is 170 Å². The second kappa shape index (κ2) is 8.39. The largest absolute Gasteiger partial charge is 0.393 e. The van der Waals surface area contributed by atoms with Gasteiger partial charge in [0.15, 0.2) is 6.67 Å². The van der Waals surface area contributed by atoms with Gasteiger partial charge in [-0.05, 0) is 42.4 Å². The molecule has 2 heterocycles. The predicted octanol–water partition coefficient (Wildman–Crippen LogP) is 2.30. The van der Waals surface area contributed by atoms with E-state index in [0.29, 0.717) is 0 Å². The number of piperidine rings is 1. The summed E-state index contributed by atoms with van der Waals surface area (Å²) in [7, 11) is 0. The molecule has 1 aliphatic rings. The molecular weight excluding hydrogens is 368 g/mol. The summed E-state index contributed by atoms with van der Waals surface area (Å²) in [6.45, 7) is 4.74. The van der Waals surface area contributed by atoms with E-state index in [9.17, 15) is 5.11 Å². The van der Waals surface area contributed by atoms with Gasteiger partial charge in [0, 0.05) is 24.9 Å². The van der Waals surface area contributed by atoms with E-state index in [2.05, 4.69) is 60.0 Å². The molecule has 1 aromatic heterocycles. The molecule has 5 nitrogen and oxygen atoms in total. The van der Waals surface area contributed by atoms with Crippen LogP contribution in [0.2, 0.25) is 0 Å². The van der Waals surface area contributed by atoms with E-state index in [-0.39, 0.29) is 6.10 Å². The Morgan fingerprint density at radius 1 is 1.11 bits per heavy atom. The van der Waals surface area contributed by atoms with Crippen LogP contribution in [0.25, 0.3) is 5.69 Å². The number of hydrogen-bond donors (Lipinski definition) is 2. The molecule has 0 unspecified atom stereocenters. The minimum Gasteiger partial charge on any atom is -0.393 e. The molecular formula is C22H27N4OS+. The van der Waals surface area contributed by atoms with E-state index in [1.165, 1.54) is 16.0 Å². The number of benzene rings is 2. The van der Waals surface area contributed by atoms with Gasteiger partial charge >= 0.3 is 0 Å².